The highest BCUT2D eigenvalue weighted by molar-refractivity contribution is 6.30. The summed E-state index contributed by atoms with van der Waals surface area (Å²) in [7, 11) is 0. The summed E-state index contributed by atoms with van der Waals surface area (Å²) in [5.74, 6) is -0.292. The SMILES string of the molecule is O=C1CC(N2CCN(C(c3ccccc3)c3ccccc3)CC2)C(=O)N1c1ccc(Cl)cc1. The number of nitrogens with zero attached hydrogens (tertiary/aromatic N) is 3. The quantitative estimate of drug-likeness (QED) is 0.531. The Labute approximate surface area is 199 Å². The maximum absolute atomic E-state index is 13.2. The number of piperazine rings is 1. The number of anilines is 1. The minimum atomic E-state index is -0.401. The molecule has 0 bridgehead atoms. The molecule has 0 saturated carbocycles. The van der Waals surface area contributed by atoms with Crippen LogP contribution in [0.2, 0.25) is 5.02 Å². The number of hydrogen-bond donors (Lipinski definition) is 0. The molecule has 0 radical (unpaired) electrons. The number of benzene rings is 3. The van der Waals surface area contributed by atoms with Gasteiger partial charge in [0.25, 0.3) is 5.91 Å². The Bertz CT molecular complexity index is 1070. The molecule has 3 aromatic carbocycles. The van der Waals surface area contributed by atoms with E-state index >= 15 is 0 Å². The van der Waals surface area contributed by atoms with Gasteiger partial charge in [-0.2, -0.15) is 0 Å². The summed E-state index contributed by atoms with van der Waals surface area (Å²) in [4.78, 5) is 31.8. The zero-order chi connectivity index (χ0) is 22.8. The Hall–Kier alpha value is -2.99. The molecule has 2 saturated heterocycles. The first-order chi connectivity index (χ1) is 16.1. The lowest BCUT2D eigenvalue weighted by Crippen LogP contribution is -2.53. The third-order valence-corrected chi connectivity index (χ3v) is 6.85. The van der Waals surface area contributed by atoms with Crippen LogP contribution in [0.25, 0.3) is 0 Å². The van der Waals surface area contributed by atoms with Gasteiger partial charge in [0.1, 0.15) is 0 Å². The number of hydrogen-bond acceptors (Lipinski definition) is 4. The van der Waals surface area contributed by atoms with Crippen molar-refractivity contribution in [3.8, 4) is 0 Å². The highest BCUT2D eigenvalue weighted by atomic mass is 35.5. The molecule has 3 aromatic rings. The largest absolute Gasteiger partial charge is 0.290 e. The predicted octanol–water partition coefficient (Wildman–Crippen LogP) is 4.38. The molecule has 0 aromatic heterocycles. The van der Waals surface area contributed by atoms with Gasteiger partial charge < -0.3 is 0 Å². The average molecular weight is 460 g/mol. The monoisotopic (exact) mass is 459 g/mol. The van der Waals surface area contributed by atoms with Crippen molar-refractivity contribution in [3.63, 3.8) is 0 Å². The van der Waals surface area contributed by atoms with Crippen molar-refractivity contribution in [2.24, 2.45) is 0 Å². The van der Waals surface area contributed by atoms with Gasteiger partial charge in [-0.05, 0) is 35.4 Å². The van der Waals surface area contributed by atoms with Gasteiger partial charge in [-0.1, -0.05) is 72.3 Å². The van der Waals surface area contributed by atoms with Gasteiger partial charge in [-0.3, -0.25) is 19.4 Å². The third-order valence-electron chi connectivity index (χ3n) is 6.59. The molecular weight excluding hydrogens is 434 g/mol. The summed E-state index contributed by atoms with van der Waals surface area (Å²) < 4.78 is 0. The van der Waals surface area contributed by atoms with E-state index < -0.39 is 6.04 Å². The smallest absolute Gasteiger partial charge is 0.251 e. The molecule has 5 nitrogen and oxygen atoms in total. The standard InChI is InChI=1S/C27H26ClN3O2/c28-22-11-13-23(14-12-22)31-25(32)19-24(27(31)33)29-15-17-30(18-16-29)26(20-7-3-1-4-8-20)21-9-5-2-6-10-21/h1-14,24,26H,15-19H2. The van der Waals surface area contributed by atoms with Crippen LogP contribution in [0, 0.1) is 0 Å². The van der Waals surface area contributed by atoms with E-state index in [4.69, 9.17) is 11.6 Å². The Kier molecular flexibility index (Phi) is 6.27. The lowest BCUT2D eigenvalue weighted by atomic mass is 9.96. The van der Waals surface area contributed by atoms with Crippen molar-refractivity contribution in [1.29, 1.82) is 0 Å². The molecule has 2 aliphatic rings. The van der Waals surface area contributed by atoms with Gasteiger partial charge in [0.05, 0.1) is 24.2 Å². The number of amides is 2. The van der Waals surface area contributed by atoms with Gasteiger partial charge in [0, 0.05) is 31.2 Å². The van der Waals surface area contributed by atoms with Crippen LogP contribution in [0.1, 0.15) is 23.6 Å². The molecule has 0 N–H and O–H groups in total. The second-order valence-electron chi connectivity index (χ2n) is 8.56. The van der Waals surface area contributed by atoms with E-state index in [9.17, 15) is 9.59 Å². The van der Waals surface area contributed by atoms with Crippen molar-refractivity contribution in [2.45, 2.75) is 18.5 Å². The zero-order valence-electron chi connectivity index (χ0n) is 18.3. The fraction of sp³-hybridized carbons (Fsp3) is 0.259. The van der Waals surface area contributed by atoms with Crippen molar-refractivity contribution >= 4 is 29.1 Å². The molecule has 2 amide bonds. The van der Waals surface area contributed by atoms with Crippen LogP contribution in [0.5, 0.6) is 0 Å². The first kappa shape index (κ1) is 21.8. The molecule has 0 aliphatic carbocycles. The topological polar surface area (TPSA) is 43.9 Å². The Morgan fingerprint density at radius 1 is 0.727 bits per heavy atom. The van der Waals surface area contributed by atoms with E-state index in [2.05, 4.69) is 58.3 Å². The zero-order valence-corrected chi connectivity index (χ0v) is 19.1. The van der Waals surface area contributed by atoms with Gasteiger partial charge in [0.2, 0.25) is 5.91 Å². The summed E-state index contributed by atoms with van der Waals surface area (Å²) >= 11 is 5.97. The van der Waals surface area contributed by atoms with Crippen LogP contribution in [0.4, 0.5) is 5.69 Å². The molecule has 2 heterocycles. The average Bonchev–Trinajstić information content (AvgIpc) is 3.15. The maximum Gasteiger partial charge on any atom is 0.251 e. The molecule has 0 spiro atoms. The van der Waals surface area contributed by atoms with Crippen LogP contribution in [0.15, 0.2) is 84.9 Å². The van der Waals surface area contributed by atoms with Gasteiger partial charge in [-0.25, -0.2) is 4.90 Å². The molecule has 1 unspecified atom stereocenters. The van der Waals surface area contributed by atoms with Gasteiger partial charge >= 0.3 is 0 Å². The summed E-state index contributed by atoms with van der Waals surface area (Å²) in [6.07, 6.45) is 0.224. The van der Waals surface area contributed by atoms with E-state index in [0.29, 0.717) is 10.7 Å². The fourth-order valence-electron chi connectivity index (χ4n) is 4.95. The molecule has 6 heteroatoms. The van der Waals surface area contributed by atoms with Gasteiger partial charge in [0.15, 0.2) is 0 Å². The number of carbonyl (C=O) groups is 2. The highest BCUT2D eigenvalue weighted by Crippen LogP contribution is 2.31. The third kappa shape index (κ3) is 4.44. The summed E-state index contributed by atoms with van der Waals surface area (Å²) in [6.45, 7) is 3.14. The Balaban J connectivity index is 1.31. The minimum absolute atomic E-state index is 0.140. The van der Waals surface area contributed by atoms with Crippen molar-refractivity contribution in [2.75, 3.05) is 31.1 Å². The summed E-state index contributed by atoms with van der Waals surface area (Å²) in [6, 6.07) is 27.7. The number of halogens is 1. The molecule has 2 fully saturated rings. The Morgan fingerprint density at radius 2 is 1.27 bits per heavy atom. The number of carbonyl (C=O) groups excluding carboxylic acids is 2. The predicted molar refractivity (Wildman–Crippen MR) is 130 cm³/mol. The minimum Gasteiger partial charge on any atom is -0.290 e. The van der Waals surface area contributed by atoms with Crippen LogP contribution in [-0.2, 0) is 9.59 Å². The second-order valence-corrected chi connectivity index (χ2v) is 9.00. The summed E-state index contributed by atoms with van der Waals surface area (Å²) in [5, 5.41) is 0.580. The van der Waals surface area contributed by atoms with Crippen LogP contribution >= 0.6 is 11.6 Å². The summed E-state index contributed by atoms with van der Waals surface area (Å²) in [5.41, 5.74) is 3.11. The van der Waals surface area contributed by atoms with Crippen molar-refractivity contribution in [3.05, 3.63) is 101 Å². The molecule has 2 aliphatic heterocycles. The van der Waals surface area contributed by atoms with Crippen molar-refractivity contribution < 1.29 is 9.59 Å². The van der Waals surface area contributed by atoms with E-state index in [1.807, 2.05) is 12.1 Å². The second kappa shape index (κ2) is 9.48. The first-order valence-electron chi connectivity index (χ1n) is 11.3. The number of imide groups is 1. The molecule has 1 atom stereocenters. The first-order valence-corrected chi connectivity index (χ1v) is 11.7. The van der Waals surface area contributed by atoms with E-state index in [1.165, 1.54) is 16.0 Å². The van der Waals surface area contributed by atoms with Crippen molar-refractivity contribution in [1.82, 2.24) is 9.80 Å². The van der Waals surface area contributed by atoms with E-state index in [0.717, 1.165) is 26.2 Å². The van der Waals surface area contributed by atoms with E-state index in [1.54, 1.807) is 24.3 Å². The highest BCUT2D eigenvalue weighted by Gasteiger charge is 2.43. The van der Waals surface area contributed by atoms with Crippen LogP contribution < -0.4 is 4.90 Å². The molecule has 168 valence electrons. The van der Waals surface area contributed by atoms with E-state index in [-0.39, 0.29) is 24.3 Å². The van der Waals surface area contributed by atoms with Crippen LogP contribution in [-0.4, -0.2) is 53.8 Å². The lowest BCUT2D eigenvalue weighted by molar-refractivity contribution is -0.123. The van der Waals surface area contributed by atoms with Gasteiger partial charge in [-0.15, -0.1) is 0 Å². The normalized spacial score (nSPS) is 20.1. The Morgan fingerprint density at radius 3 is 1.82 bits per heavy atom. The maximum atomic E-state index is 13.2. The number of rotatable bonds is 5. The lowest BCUT2D eigenvalue weighted by Gasteiger charge is -2.41. The van der Waals surface area contributed by atoms with Crippen LogP contribution in [0.3, 0.4) is 0 Å². The molecular formula is C27H26ClN3O2. The fourth-order valence-corrected chi connectivity index (χ4v) is 5.08. The molecule has 5 rings (SSSR count). The molecule has 33 heavy (non-hydrogen) atoms.